The normalized spacial score (nSPS) is 12.0. The molecule has 0 aromatic heterocycles. The van der Waals surface area contributed by atoms with E-state index in [1.165, 1.54) is 5.56 Å². The lowest BCUT2D eigenvalue weighted by atomic mass is 10.1. The second kappa shape index (κ2) is 7.14. The molecule has 0 radical (unpaired) electrons. The average Bonchev–Trinajstić information content (AvgIpc) is 2.49. The first-order valence-electron chi connectivity index (χ1n) is 7.30. The van der Waals surface area contributed by atoms with E-state index in [1.807, 2.05) is 37.3 Å². The van der Waals surface area contributed by atoms with Crippen LogP contribution in [0.1, 0.15) is 31.0 Å². The van der Waals surface area contributed by atoms with E-state index in [9.17, 15) is 0 Å². The smallest absolute Gasteiger partial charge is 0.169 e. The van der Waals surface area contributed by atoms with Crippen LogP contribution in [0.5, 0.6) is 17.2 Å². The molecular formula is C18H23NO2. The quantitative estimate of drug-likeness (QED) is 0.849. The topological polar surface area (TPSA) is 30.5 Å². The molecule has 3 heteroatoms. The number of methoxy groups -OCH3 is 1. The van der Waals surface area contributed by atoms with Crippen LogP contribution < -0.4 is 14.8 Å². The lowest BCUT2D eigenvalue weighted by Gasteiger charge is -2.15. The van der Waals surface area contributed by atoms with Crippen molar-refractivity contribution in [1.82, 2.24) is 5.32 Å². The van der Waals surface area contributed by atoms with Crippen LogP contribution in [0, 0.1) is 6.92 Å². The van der Waals surface area contributed by atoms with Crippen molar-refractivity contribution in [3.63, 3.8) is 0 Å². The van der Waals surface area contributed by atoms with E-state index in [0.717, 1.165) is 29.4 Å². The molecule has 0 amide bonds. The summed E-state index contributed by atoms with van der Waals surface area (Å²) in [5.74, 6) is 2.30. The lowest BCUT2D eigenvalue weighted by Crippen LogP contribution is -2.17. The number of hydrogen-bond acceptors (Lipinski definition) is 3. The molecule has 0 bridgehead atoms. The Bertz CT molecular complexity index is 596. The summed E-state index contributed by atoms with van der Waals surface area (Å²) >= 11 is 0. The Morgan fingerprint density at radius 3 is 2.62 bits per heavy atom. The van der Waals surface area contributed by atoms with Gasteiger partial charge in [-0.05, 0) is 55.8 Å². The van der Waals surface area contributed by atoms with E-state index in [1.54, 1.807) is 7.11 Å². The Kier molecular flexibility index (Phi) is 5.23. The van der Waals surface area contributed by atoms with Crippen LogP contribution in [0.15, 0.2) is 42.5 Å². The van der Waals surface area contributed by atoms with Gasteiger partial charge in [0.15, 0.2) is 11.5 Å². The highest BCUT2D eigenvalue weighted by atomic mass is 16.5. The van der Waals surface area contributed by atoms with Crippen LogP contribution in [0.3, 0.4) is 0 Å². The van der Waals surface area contributed by atoms with Gasteiger partial charge in [0.05, 0.1) is 7.11 Å². The van der Waals surface area contributed by atoms with Crippen LogP contribution in [0.2, 0.25) is 0 Å². The molecule has 21 heavy (non-hydrogen) atoms. The molecule has 0 aliphatic rings. The molecule has 0 saturated heterocycles. The van der Waals surface area contributed by atoms with Gasteiger partial charge in [0.2, 0.25) is 0 Å². The second-order valence-electron chi connectivity index (χ2n) is 5.11. The number of ether oxygens (including phenoxy) is 2. The largest absolute Gasteiger partial charge is 0.493 e. The molecule has 0 fully saturated rings. The molecule has 3 nitrogen and oxygen atoms in total. The maximum absolute atomic E-state index is 5.97. The van der Waals surface area contributed by atoms with Crippen LogP contribution in [0.25, 0.3) is 0 Å². The lowest BCUT2D eigenvalue weighted by molar-refractivity contribution is 0.378. The van der Waals surface area contributed by atoms with Crippen molar-refractivity contribution in [1.29, 1.82) is 0 Å². The fourth-order valence-corrected chi connectivity index (χ4v) is 2.26. The molecular weight excluding hydrogens is 262 g/mol. The summed E-state index contributed by atoms with van der Waals surface area (Å²) in [5.41, 5.74) is 2.36. The molecule has 0 aliphatic carbocycles. The van der Waals surface area contributed by atoms with Gasteiger partial charge in [-0.1, -0.05) is 25.1 Å². The molecule has 0 spiro atoms. The summed E-state index contributed by atoms with van der Waals surface area (Å²) in [5, 5.41) is 3.40. The van der Waals surface area contributed by atoms with E-state index in [-0.39, 0.29) is 0 Å². The fraction of sp³-hybridized carbons (Fsp3) is 0.333. The standard InChI is InChI=1S/C18H23NO2/c1-5-19-14(3)15-7-6-8-16(12-15)21-17-10-9-13(2)11-18(17)20-4/h6-12,14,19H,5H2,1-4H3. The van der Waals surface area contributed by atoms with Gasteiger partial charge in [0.1, 0.15) is 5.75 Å². The van der Waals surface area contributed by atoms with Crippen molar-refractivity contribution in [3.05, 3.63) is 53.6 Å². The zero-order valence-electron chi connectivity index (χ0n) is 13.1. The van der Waals surface area contributed by atoms with Crippen LogP contribution in [-0.4, -0.2) is 13.7 Å². The first-order valence-corrected chi connectivity index (χ1v) is 7.30. The summed E-state index contributed by atoms with van der Waals surface area (Å²) in [4.78, 5) is 0. The van der Waals surface area contributed by atoms with Gasteiger partial charge in [-0.25, -0.2) is 0 Å². The van der Waals surface area contributed by atoms with E-state index in [4.69, 9.17) is 9.47 Å². The maximum atomic E-state index is 5.97. The molecule has 112 valence electrons. The number of nitrogens with one attached hydrogen (secondary N) is 1. The third kappa shape index (κ3) is 3.99. The molecule has 1 N–H and O–H groups in total. The summed E-state index contributed by atoms with van der Waals surface area (Å²) in [6, 6.07) is 14.4. The van der Waals surface area contributed by atoms with E-state index in [2.05, 4.69) is 31.3 Å². The third-order valence-corrected chi connectivity index (χ3v) is 3.42. The molecule has 2 aromatic carbocycles. The molecule has 0 saturated carbocycles. The van der Waals surface area contributed by atoms with Crippen LogP contribution in [-0.2, 0) is 0 Å². The van der Waals surface area contributed by atoms with Gasteiger partial charge < -0.3 is 14.8 Å². The minimum absolute atomic E-state index is 0.304. The average molecular weight is 285 g/mol. The van der Waals surface area contributed by atoms with Crippen molar-refractivity contribution in [2.45, 2.75) is 26.8 Å². The number of hydrogen-bond donors (Lipinski definition) is 1. The van der Waals surface area contributed by atoms with Crippen molar-refractivity contribution in [2.24, 2.45) is 0 Å². The Morgan fingerprint density at radius 2 is 1.90 bits per heavy atom. The van der Waals surface area contributed by atoms with E-state index in [0.29, 0.717) is 6.04 Å². The van der Waals surface area contributed by atoms with Gasteiger partial charge in [-0.2, -0.15) is 0 Å². The molecule has 0 aliphatic heterocycles. The Morgan fingerprint density at radius 1 is 1.10 bits per heavy atom. The summed E-state index contributed by atoms with van der Waals surface area (Å²) in [7, 11) is 1.66. The molecule has 2 aromatic rings. The Hall–Kier alpha value is -2.00. The monoisotopic (exact) mass is 285 g/mol. The predicted octanol–water partition coefficient (Wildman–Crippen LogP) is 4.47. The third-order valence-electron chi connectivity index (χ3n) is 3.42. The SMILES string of the molecule is CCNC(C)c1cccc(Oc2ccc(C)cc2OC)c1. The highest BCUT2D eigenvalue weighted by Crippen LogP contribution is 2.32. The molecule has 1 atom stereocenters. The van der Waals surface area contributed by atoms with Crippen LogP contribution in [0.4, 0.5) is 0 Å². The highest BCUT2D eigenvalue weighted by Gasteiger charge is 2.08. The molecule has 1 unspecified atom stereocenters. The van der Waals surface area contributed by atoms with Crippen molar-refractivity contribution in [2.75, 3.05) is 13.7 Å². The van der Waals surface area contributed by atoms with Crippen molar-refractivity contribution >= 4 is 0 Å². The summed E-state index contributed by atoms with van der Waals surface area (Å²) in [6.45, 7) is 7.23. The number of rotatable bonds is 6. The van der Waals surface area contributed by atoms with Gasteiger partial charge in [0, 0.05) is 6.04 Å². The van der Waals surface area contributed by atoms with E-state index < -0.39 is 0 Å². The first-order chi connectivity index (χ1) is 10.1. The van der Waals surface area contributed by atoms with Crippen molar-refractivity contribution in [3.8, 4) is 17.2 Å². The van der Waals surface area contributed by atoms with Gasteiger partial charge in [-0.3, -0.25) is 0 Å². The van der Waals surface area contributed by atoms with Crippen LogP contribution >= 0.6 is 0 Å². The minimum atomic E-state index is 0.304. The Labute approximate surface area is 126 Å². The highest BCUT2D eigenvalue weighted by molar-refractivity contribution is 5.45. The minimum Gasteiger partial charge on any atom is -0.493 e. The van der Waals surface area contributed by atoms with E-state index >= 15 is 0 Å². The fourth-order valence-electron chi connectivity index (χ4n) is 2.26. The number of aryl methyl sites for hydroxylation is 1. The summed E-state index contributed by atoms with van der Waals surface area (Å²) in [6.07, 6.45) is 0. The zero-order chi connectivity index (χ0) is 15.2. The van der Waals surface area contributed by atoms with Crippen molar-refractivity contribution < 1.29 is 9.47 Å². The molecule has 0 heterocycles. The zero-order valence-corrected chi connectivity index (χ0v) is 13.1. The second-order valence-corrected chi connectivity index (χ2v) is 5.11. The van der Waals surface area contributed by atoms with Gasteiger partial charge in [0.25, 0.3) is 0 Å². The van der Waals surface area contributed by atoms with Gasteiger partial charge in [-0.15, -0.1) is 0 Å². The predicted molar refractivity (Wildman–Crippen MR) is 86.3 cm³/mol. The first kappa shape index (κ1) is 15.4. The van der Waals surface area contributed by atoms with Gasteiger partial charge >= 0.3 is 0 Å². The number of benzene rings is 2. The Balaban J connectivity index is 2.22. The summed E-state index contributed by atoms with van der Waals surface area (Å²) < 4.78 is 11.3. The molecule has 2 rings (SSSR count). The maximum Gasteiger partial charge on any atom is 0.169 e.